The number of allylic oxidation sites excluding steroid dienone is 3. The van der Waals surface area contributed by atoms with Crippen LogP contribution in [0.5, 0.6) is 0 Å². The third-order valence-electron chi connectivity index (χ3n) is 12.1. The molecule has 0 spiro atoms. The van der Waals surface area contributed by atoms with Gasteiger partial charge in [-0.05, 0) is 82.8 Å². The van der Waals surface area contributed by atoms with Crippen LogP contribution in [0.3, 0.4) is 0 Å². The lowest BCUT2D eigenvalue weighted by atomic mass is 9.98. The highest BCUT2D eigenvalue weighted by Crippen LogP contribution is 2.63. The zero-order valence-electron chi connectivity index (χ0n) is 32.8. The Bertz CT molecular complexity index is 3570. The van der Waals surface area contributed by atoms with E-state index >= 15 is 0 Å². The van der Waals surface area contributed by atoms with E-state index < -0.39 is 0 Å². The average Bonchev–Trinajstić information content (AvgIpc) is 3.90. The predicted molar refractivity (Wildman–Crippen MR) is 258 cm³/mol. The Morgan fingerprint density at radius 2 is 1.03 bits per heavy atom. The smallest absolute Gasteiger partial charge is 0.143 e. The summed E-state index contributed by atoms with van der Waals surface area (Å²) >= 11 is 5.58. The van der Waals surface area contributed by atoms with Crippen molar-refractivity contribution in [2.75, 3.05) is 4.90 Å². The first-order valence-electron chi connectivity index (χ1n) is 20.4. The molecule has 6 heteroatoms. The molecule has 2 aromatic heterocycles. The number of fused-ring (bicyclic) bond motifs is 6. The van der Waals surface area contributed by atoms with Crippen molar-refractivity contribution in [1.29, 1.82) is 0 Å². The van der Waals surface area contributed by atoms with Gasteiger partial charge in [-0.25, -0.2) is 0 Å². The molecule has 3 aliphatic rings. The highest BCUT2D eigenvalue weighted by Gasteiger charge is 2.38. The molecular formula is C55H33NO2S3. The second-order valence-corrected chi connectivity index (χ2v) is 18.6. The quantitative estimate of drug-likeness (QED) is 0.172. The summed E-state index contributed by atoms with van der Waals surface area (Å²) in [4.78, 5) is 8.88. The maximum Gasteiger partial charge on any atom is 0.143 e. The third kappa shape index (κ3) is 5.49. The fourth-order valence-electron chi connectivity index (χ4n) is 9.22. The minimum Gasteiger partial charge on any atom is -0.455 e. The van der Waals surface area contributed by atoms with E-state index in [1.54, 1.807) is 0 Å². The second-order valence-electron chi connectivity index (χ2n) is 15.6. The van der Waals surface area contributed by atoms with E-state index in [-0.39, 0.29) is 0 Å². The van der Waals surface area contributed by atoms with E-state index in [1.807, 2.05) is 59.6 Å². The number of thioether (sulfide) groups is 2. The van der Waals surface area contributed by atoms with E-state index in [9.17, 15) is 0 Å². The standard InChI is InChI=1S/C55H33NO2S3/c1-2-32(33-20-24-35(25-21-33)38-12-7-14-42-40-10-3-5-16-45(40)57-54(38)42)28-49-44-31-59-50-29-37(30-51-53(50)56(44)52-47(60-49)18-9-19-48(52)61-51)34-22-26-36(27-23-34)39-13-8-15-43-41-11-4-6-17-46(41)58-55(39)43/h2-31H,1H3/b32-2+,49-28+. The van der Waals surface area contributed by atoms with Gasteiger partial charge in [0.1, 0.15) is 22.3 Å². The van der Waals surface area contributed by atoms with Crippen LogP contribution >= 0.6 is 35.3 Å². The van der Waals surface area contributed by atoms with Crippen molar-refractivity contribution in [2.45, 2.75) is 26.5 Å². The minimum absolute atomic E-state index is 0.917. The summed E-state index contributed by atoms with van der Waals surface area (Å²) in [5.74, 6) is 0. The van der Waals surface area contributed by atoms with E-state index in [0.717, 1.165) is 66.1 Å². The molecule has 10 aromatic rings. The van der Waals surface area contributed by atoms with Gasteiger partial charge in [0.2, 0.25) is 0 Å². The van der Waals surface area contributed by atoms with Crippen LogP contribution in [-0.4, -0.2) is 0 Å². The largest absolute Gasteiger partial charge is 0.455 e. The summed E-state index contributed by atoms with van der Waals surface area (Å²) in [5, 5.41) is 6.94. The Morgan fingerprint density at radius 3 is 1.69 bits per heavy atom. The first kappa shape index (κ1) is 35.2. The van der Waals surface area contributed by atoms with Crippen LogP contribution in [0, 0.1) is 0 Å². The van der Waals surface area contributed by atoms with E-state index in [4.69, 9.17) is 8.83 Å². The SMILES string of the molecule is C/C=C(\C=C1\Sc2cccc3c2N2C1=CSc1cc(-c4ccc(-c5cccc6c5oc5ccccc56)cc4)cc(c12)S3)c1ccc(-c2cccc3c2oc2ccccc23)cc1. The molecule has 3 aliphatic heterocycles. The molecule has 0 atom stereocenters. The number of rotatable bonds is 5. The highest BCUT2D eigenvalue weighted by molar-refractivity contribution is 8.04. The monoisotopic (exact) mass is 835 g/mol. The molecule has 8 aromatic carbocycles. The first-order valence-corrected chi connectivity index (χ1v) is 22.9. The van der Waals surface area contributed by atoms with Crippen LogP contribution in [-0.2, 0) is 0 Å². The normalized spacial score (nSPS) is 15.0. The van der Waals surface area contributed by atoms with Crippen LogP contribution in [0.2, 0.25) is 0 Å². The number of nitrogens with zero attached hydrogens (tertiary/aromatic N) is 1. The van der Waals surface area contributed by atoms with Gasteiger partial charge in [0.05, 0.1) is 17.1 Å². The van der Waals surface area contributed by atoms with Gasteiger partial charge < -0.3 is 13.7 Å². The minimum atomic E-state index is 0.917. The number of furan rings is 2. The molecule has 0 fully saturated rings. The van der Waals surface area contributed by atoms with Crippen molar-refractivity contribution >= 4 is 96.1 Å². The van der Waals surface area contributed by atoms with Crippen molar-refractivity contribution in [2.24, 2.45) is 0 Å². The van der Waals surface area contributed by atoms with Crippen molar-refractivity contribution in [3.63, 3.8) is 0 Å². The number of hydrogen-bond donors (Lipinski definition) is 0. The van der Waals surface area contributed by atoms with Gasteiger partial charge in [-0.3, -0.25) is 0 Å². The van der Waals surface area contributed by atoms with Crippen molar-refractivity contribution in [3.8, 4) is 33.4 Å². The zero-order chi connectivity index (χ0) is 40.2. The molecule has 0 amide bonds. The van der Waals surface area contributed by atoms with Crippen molar-refractivity contribution in [1.82, 2.24) is 0 Å². The van der Waals surface area contributed by atoms with Gasteiger partial charge >= 0.3 is 0 Å². The summed E-state index contributed by atoms with van der Waals surface area (Å²) in [7, 11) is 0. The molecular weight excluding hydrogens is 803 g/mol. The lowest BCUT2D eigenvalue weighted by Crippen LogP contribution is -2.26. The van der Waals surface area contributed by atoms with E-state index in [1.165, 1.54) is 63.8 Å². The predicted octanol–water partition coefficient (Wildman–Crippen LogP) is 17.1. The van der Waals surface area contributed by atoms with Gasteiger partial charge in [-0.15, -0.1) is 0 Å². The van der Waals surface area contributed by atoms with Crippen LogP contribution in [0.15, 0.2) is 220 Å². The fourth-order valence-corrected chi connectivity index (χ4v) is 12.7. The number of anilines is 2. The summed E-state index contributed by atoms with van der Waals surface area (Å²) in [6.45, 7) is 2.14. The molecule has 61 heavy (non-hydrogen) atoms. The molecule has 0 saturated carbocycles. The highest BCUT2D eigenvalue weighted by atomic mass is 32.2. The van der Waals surface area contributed by atoms with E-state index in [0.29, 0.717) is 0 Å². The topological polar surface area (TPSA) is 29.5 Å². The molecule has 13 rings (SSSR count). The third-order valence-corrected chi connectivity index (χ3v) is 15.2. The van der Waals surface area contributed by atoms with Gasteiger partial charge in [0.25, 0.3) is 0 Å². The van der Waals surface area contributed by atoms with Crippen LogP contribution in [0.1, 0.15) is 12.5 Å². The number of hydrogen-bond acceptors (Lipinski definition) is 6. The lowest BCUT2D eigenvalue weighted by molar-refractivity contribution is 0.669. The summed E-state index contributed by atoms with van der Waals surface area (Å²) in [6, 6.07) is 58.8. The zero-order valence-corrected chi connectivity index (χ0v) is 35.3. The Hall–Kier alpha value is -6.57. The van der Waals surface area contributed by atoms with Crippen molar-refractivity contribution in [3.05, 3.63) is 198 Å². The molecule has 0 unspecified atom stereocenters. The summed E-state index contributed by atoms with van der Waals surface area (Å²) < 4.78 is 12.8. The summed E-state index contributed by atoms with van der Waals surface area (Å²) in [5.41, 5.74) is 16.8. The molecule has 0 bridgehead atoms. The van der Waals surface area contributed by atoms with Gasteiger partial charge in [0, 0.05) is 62.6 Å². The maximum atomic E-state index is 6.38. The molecule has 5 heterocycles. The molecule has 288 valence electrons. The van der Waals surface area contributed by atoms with Gasteiger partial charge in [0.15, 0.2) is 0 Å². The lowest BCUT2D eigenvalue weighted by Gasteiger charge is -2.42. The Labute approximate surface area is 365 Å². The van der Waals surface area contributed by atoms with Crippen LogP contribution in [0.4, 0.5) is 11.4 Å². The molecule has 0 radical (unpaired) electrons. The Kier molecular flexibility index (Phi) is 7.93. The molecule has 0 saturated heterocycles. The number of para-hydroxylation sites is 5. The van der Waals surface area contributed by atoms with Gasteiger partial charge in [-0.2, -0.15) is 0 Å². The van der Waals surface area contributed by atoms with Gasteiger partial charge in [-0.1, -0.05) is 169 Å². The summed E-state index contributed by atoms with van der Waals surface area (Å²) in [6.07, 6.45) is 4.60. The molecule has 0 aliphatic carbocycles. The van der Waals surface area contributed by atoms with E-state index in [2.05, 4.69) is 169 Å². The fraction of sp³-hybridized carbons (Fsp3) is 0.0182. The molecule has 0 N–H and O–H groups in total. The maximum absolute atomic E-state index is 6.38. The van der Waals surface area contributed by atoms with Crippen LogP contribution in [0.25, 0.3) is 82.8 Å². The van der Waals surface area contributed by atoms with Crippen LogP contribution < -0.4 is 4.90 Å². The number of benzene rings is 8. The molecule has 3 nitrogen and oxygen atoms in total. The average molecular weight is 836 g/mol. The first-order chi connectivity index (χ1) is 30.2. The second kappa shape index (κ2) is 13.7. The Morgan fingerprint density at radius 1 is 0.492 bits per heavy atom. The van der Waals surface area contributed by atoms with Crippen molar-refractivity contribution < 1.29 is 8.83 Å². The Balaban J connectivity index is 0.837.